The molecule has 19 heavy (non-hydrogen) atoms. The van der Waals surface area contributed by atoms with Crippen LogP contribution in [-0.2, 0) is 0 Å². The molecular formula is C13H9FN4O. The van der Waals surface area contributed by atoms with E-state index in [0.717, 1.165) is 5.39 Å². The fraction of sp³-hybridized carbons (Fsp3) is 0. The number of carbonyl (C=O) groups excluding carboxylic acids is 1. The summed E-state index contributed by atoms with van der Waals surface area (Å²) in [5.41, 5.74) is 6.53. The molecule has 0 saturated heterocycles. The van der Waals surface area contributed by atoms with Crippen LogP contribution in [0.3, 0.4) is 0 Å². The molecule has 2 heterocycles. The molecule has 1 aromatic carbocycles. The summed E-state index contributed by atoms with van der Waals surface area (Å²) in [5, 5.41) is 4.95. The molecule has 6 heteroatoms. The Hall–Kier alpha value is -2.76. The summed E-state index contributed by atoms with van der Waals surface area (Å²) >= 11 is 0. The van der Waals surface area contributed by atoms with E-state index in [-0.39, 0.29) is 11.5 Å². The van der Waals surface area contributed by atoms with E-state index in [1.54, 1.807) is 30.5 Å². The molecule has 0 aliphatic carbocycles. The van der Waals surface area contributed by atoms with Crippen LogP contribution >= 0.6 is 0 Å². The molecule has 0 radical (unpaired) electrons. The number of nitrogens with two attached hydrogens (primary N) is 1. The summed E-state index contributed by atoms with van der Waals surface area (Å²) in [6, 6.07) is 9.10. The largest absolute Gasteiger partial charge is 0.364 e. The van der Waals surface area contributed by atoms with Gasteiger partial charge in [0.2, 0.25) is 0 Å². The van der Waals surface area contributed by atoms with Crippen LogP contribution in [0.25, 0.3) is 16.7 Å². The summed E-state index contributed by atoms with van der Waals surface area (Å²) in [6.07, 6.45) is 1.62. The zero-order valence-corrected chi connectivity index (χ0v) is 9.75. The van der Waals surface area contributed by atoms with E-state index >= 15 is 0 Å². The number of rotatable bonds is 2. The highest BCUT2D eigenvalue weighted by atomic mass is 19.1. The third-order valence-electron chi connectivity index (χ3n) is 2.74. The summed E-state index contributed by atoms with van der Waals surface area (Å²) in [4.78, 5) is 15.3. The zero-order chi connectivity index (χ0) is 13.4. The number of halogens is 1. The van der Waals surface area contributed by atoms with Crippen molar-refractivity contribution < 1.29 is 9.18 Å². The molecule has 0 aliphatic rings. The Labute approximate surface area is 107 Å². The lowest BCUT2D eigenvalue weighted by molar-refractivity contribution is 0.0996. The van der Waals surface area contributed by atoms with Crippen LogP contribution in [0.1, 0.15) is 10.5 Å². The van der Waals surface area contributed by atoms with Crippen LogP contribution in [0.2, 0.25) is 0 Å². The maximum atomic E-state index is 12.9. The van der Waals surface area contributed by atoms with Crippen molar-refractivity contribution in [2.45, 2.75) is 0 Å². The summed E-state index contributed by atoms with van der Waals surface area (Å²) in [7, 11) is 0. The van der Waals surface area contributed by atoms with E-state index in [2.05, 4.69) is 10.1 Å². The van der Waals surface area contributed by atoms with Gasteiger partial charge in [-0.25, -0.2) is 14.1 Å². The summed E-state index contributed by atoms with van der Waals surface area (Å²) in [6.45, 7) is 0. The normalized spacial score (nSPS) is 10.8. The predicted octanol–water partition coefficient (Wildman–Crippen LogP) is 1.66. The number of amides is 1. The molecular weight excluding hydrogens is 247 g/mol. The Balaban J connectivity index is 2.21. The highest BCUT2D eigenvalue weighted by Crippen LogP contribution is 2.17. The van der Waals surface area contributed by atoms with Gasteiger partial charge in [-0.3, -0.25) is 4.79 Å². The first kappa shape index (κ1) is 11.3. The van der Waals surface area contributed by atoms with E-state index in [9.17, 15) is 9.18 Å². The third kappa shape index (κ3) is 1.93. The van der Waals surface area contributed by atoms with Crippen LogP contribution in [0.5, 0.6) is 0 Å². The van der Waals surface area contributed by atoms with E-state index in [1.807, 2.05) is 0 Å². The smallest absolute Gasteiger partial charge is 0.267 e. The minimum absolute atomic E-state index is 0.163. The van der Waals surface area contributed by atoms with Gasteiger partial charge in [0.1, 0.15) is 11.5 Å². The van der Waals surface area contributed by atoms with E-state index < -0.39 is 5.91 Å². The van der Waals surface area contributed by atoms with Gasteiger partial charge in [-0.15, -0.1) is 0 Å². The number of carbonyl (C=O) groups is 1. The first-order chi connectivity index (χ1) is 9.15. The summed E-state index contributed by atoms with van der Waals surface area (Å²) < 4.78 is 14.4. The second-order valence-corrected chi connectivity index (χ2v) is 4.01. The molecule has 3 aromatic rings. The number of primary amides is 1. The molecule has 0 bridgehead atoms. The Morgan fingerprint density at radius 3 is 2.58 bits per heavy atom. The molecule has 2 aromatic heterocycles. The van der Waals surface area contributed by atoms with Gasteiger partial charge in [-0.05, 0) is 36.4 Å². The van der Waals surface area contributed by atoms with Crippen molar-refractivity contribution in [2.75, 3.05) is 0 Å². The lowest BCUT2D eigenvalue weighted by Crippen LogP contribution is -2.13. The molecule has 0 saturated carbocycles. The van der Waals surface area contributed by atoms with Crippen LogP contribution in [0, 0.1) is 5.82 Å². The second kappa shape index (κ2) is 4.16. The maximum absolute atomic E-state index is 12.9. The van der Waals surface area contributed by atoms with Gasteiger partial charge in [0.05, 0.1) is 11.9 Å². The van der Waals surface area contributed by atoms with Gasteiger partial charge in [0.15, 0.2) is 5.65 Å². The number of hydrogen-bond acceptors (Lipinski definition) is 3. The summed E-state index contributed by atoms with van der Waals surface area (Å²) in [5.74, 6) is -0.931. The van der Waals surface area contributed by atoms with E-state index in [0.29, 0.717) is 11.3 Å². The second-order valence-electron chi connectivity index (χ2n) is 4.01. The Kier molecular flexibility index (Phi) is 2.49. The molecule has 2 N–H and O–H groups in total. The lowest BCUT2D eigenvalue weighted by atomic mass is 10.3. The lowest BCUT2D eigenvalue weighted by Gasteiger charge is -2.03. The minimum atomic E-state index is -0.603. The van der Waals surface area contributed by atoms with Gasteiger partial charge in [-0.1, -0.05) is 0 Å². The van der Waals surface area contributed by atoms with Crippen molar-refractivity contribution in [3.63, 3.8) is 0 Å². The standard InChI is InChI=1S/C13H9FN4O/c14-9-2-4-10(5-3-9)18-13-8(7-16-18)1-6-11(17-13)12(15)19/h1-7H,(H2,15,19). The Morgan fingerprint density at radius 1 is 1.16 bits per heavy atom. The van der Waals surface area contributed by atoms with Gasteiger partial charge in [0.25, 0.3) is 5.91 Å². The average Bonchev–Trinajstić information content (AvgIpc) is 2.82. The van der Waals surface area contributed by atoms with Crippen LogP contribution < -0.4 is 5.73 Å². The molecule has 0 unspecified atom stereocenters. The van der Waals surface area contributed by atoms with Crippen LogP contribution in [0.15, 0.2) is 42.6 Å². The van der Waals surface area contributed by atoms with Crippen molar-refractivity contribution in [2.24, 2.45) is 5.73 Å². The molecule has 3 rings (SSSR count). The van der Waals surface area contributed by atoms with Gasteiger partial charge in [-0.2, -0.15) is 5.10 Å². The minimum Gasteiger partial charge on any atom is -0.364 e. The fourth-order valence-electron chi connectivity index (χ4n) is 1.81. The van der Waals surface area contributed by atoms with Gasteiger partial charge < -0.3 is 5.73 Å². The fourth-order valence-corrected chi connectivity index (χ4v) is 1.81. The van der Waals surface area contributed by atoms with Gasteiger partial charge >= 0.3 is 0 Å². The van der Waals surface area contributed by atoms with Crippen LogP contribution in [-0.4, -0.2) is 20.7 Å². The first-order valence-corrected chi connectivity index (χ1v) is 5.56. The Bertz CT molecular complexity index is 764. The monoisotopic (exact) mass is 256 g/mol. The molecule has 0 aliphatic heterocycles. The number of aromatic nitrogens is 3. The maximum Gasteiger partial charge on any atom is 0.267 e. The SMILES string of the molecule is NC(=O)c1ccc2cnn(-c3ccc(F)cc3)c2n1. The quantitative estimate of drug-likeness (QED) is 0.757. The molecule has 1 amide bonds. The van der Waals surface area contributed by atoms with Gasteiger partial charge in [0, 0.05) is 5.39 Å². The first-order valence-electron chi connectivity index (χ1n) is 5.56. The number of fused-ring (bicyclic) bond motifs is 1. The van der Waals surface area contributed by atoms with Crippen molar-refractivity contribution in [3.8, 4) is 5.69 Å². The molecule has 94 valence electrons. The van der Waals surface area contributed by atoms with Crippen molar-refractivity contribution in [1.82, 2.24) is 14.8 Å². The average molecular weight is 256 g/mol. The predicted molar refractivity (Wildman–Crippen MR) is 67.3 cm³/mol. The molecule has 0 spiro atoms. The third-order valence-corrected chi connectivity index (χ3v) is 2.74. The number of hydrogen-bond donors (Lipinski definition) is 1. The number of benzene rings is 1. The van der Waals surface area contributed by atoms with Crippen molar-refractivity contribution in [1.29, 1.82) is 0 Å². The molecule has 0 fully saturated rings. The Morgan fingerprint density at radius 2 is 1.89 bits per heavy atom. The van der Waals surface area contributed by atoms with E-state index in [1.165, 1.54) is 16.8 Å². The van der Waals surface area contributed by atoms with Crippen LogP contribution in [0.4, 0.5) is 4.39 Å². The van der Waals surface area contributed by atoms with E-state index in [4.69, 9.17) is 5.73 Å². The molecule has 5 nitrogen and oxygen atoms in total. The number of nitrogens with zero attached hydrogens (tertiary/aromatic N) is 3. The zero-order valence-electron chi connectivity index (χ0n) is 9.75. The highest BCUT2D eigenvalue weighted by molar-refractivity contribution is 5.93. The van der Waals surface area contributed by atoms with Crippen molar-refractivity contribution in [3.05, 3.63) is 54.1 Å². The number of pyridine rings is 1. The topological polar surface area (TPSA) is 73.8 Å². The van der Waals surface area contributed by atoms with Crippen molar-refractivity contribution >= 4 is 16.9 Å². The highest BCUT2D eigenvalue weighted by Gasteiger charge is 2.09. The molecule has 0 atom stereocenters.